The van der Waals surface area contributed by atoms with Crippen molar-refractivity contribution in [1.82, 2.24) is 0 Å². The van der Waals surface area contributed by atoms with Gasteiger partial charge in [-0.05, 0) is 118 Å². The van der Waals surface area contributed by atoms with Crippen molar-refractivity contribution >= 4 is 39.0 Å². The Bertz CT molecular complexity index is 2950. The minimum Gasteiger partial charge on any atom is -0.456 e. The van der Waals surface area contributed by atoms with Gasteiger partial charge in [-0.3, -0.25) is 0 Å². The van der Waals surface area contributed by atoms with Gasteiger partial charge in [-0.15, -0.1) is 0 Å². The maximum Gasteiger partial charge on any atom is 0.135 e. The van der Waals surface area contributed by atoms with E-state index < -0.39 is 0 Å². The second-order valence-electron chi connectivity index (χ2n) is 16.0. The molecule has 0 bridgehead atoms. The number of nitrogens with zero attached hydrogens (tertiary/aromatic N) is 1. The molecule has 266 valence electrons. The van der Waals surface area contributed by atoms with Gasteiger partial charge in [0.2, 0.25) is 0 Å². The van der Waals surface area contributed by atoms with Crippen LogP contribution < -0.4 is 4.90 Å². The molecule has 3 aliphatic carbocycles. The van der Waals surface area contributed by atoms with Crippen molar-refractivity contribution in [2.75, 3.05) is 4.90 Å². The van der Waals surface area contributed by atoms with E-state index >= 15 is 0 Å². The number of hydrogen-bond acceptors (Lipinski definition) is 2. The molecule has 1 heterocycles. The van der Waals surface area contributed by atoms with E-state index in [4.69, 9.17) is 4.42 Å². The number of fused-ring (bicyclic) bond motifs is 13. The standard InChI is InChI=1S/C54H39NO/c1-2-14-36(15-3-1)39-16-7-12-24-50(39)55(37-27-29-52-45(34-37)44-20-8-13-25-51(44)56-52)38-26-28-43-42-19-6-11-23-48(42)54(49(43)35-38)32-30-53(31-33-54)46-21-9-4-17-40(46)41-18-5-10-22-47(41)53/h1-29,34-35H,30-33H2. The van der Waals surface area contributed by atoms with Gasteiger partial charge in [-0.1, -0.05) is 146 Å². The van der Waals surface area contributed by atoms with Crippen LogP contribution in [0.4, 0.5) is 17.1 Å². The summed E-state index contributed by atoms with van der Waals surface area (Å²) in [5.74, 6) is 0. The van der Waals surface area contributed by atoms with Crippen molar-refractivity contribution in [2.24, 2.45) is 0 Å². The van der Waals surface area contributed by atoms with E-state index in [1.165, 1.54) is 61.3 Å². The monoisotopic (exact) mass is 717 g/mol. The van der Waals surface area contributed by atoms with Gasteiger partial charge in [0, 0.05) is 38.5 Å². The van der Waals surface area contributed by atoms with Gasteiger partial charge in [0.1, 0.15) is 11.2 Å². The molecule has 1 fully saturated rings. The van der Waals surface area contributed by atoms with Crippen LogP contribution in [0.15, 0.2) is 192 Å². The summed E-state index contributed by atoms with van der Waals surface area (Å²) in [7, 11) is 0. The molecule has 0 atom stereocenters. The molecule has 0 aliphatic heterocycles. The zero-order valence-electron chi connectivity index (χ0n) is 31.1. The smallest absolute Gasteiger partial charge is 0.135 e. The topological polar surface area (TPSA) is 16.4 Å². The highest BCUT2D eigenvalue weighted by Crippen LogP contribution is 2.64. The average molecular weight is 718 g/mol. The molecule has 0 N–H and O–H groups in total. The van der Waals surface area contributed by atoms with Crippen LogP contribution in [0.25, 0.3) is 55.3 Å². The number of para-hydroxylation sites is 2. The van der Waals surface area contributed by atoms with Crippen LogP contribution in [0, 0.1) is 0 Å². The molecule has 0 radical (unpaired) electrons. The van der Waals surface area contributed by atoms with Crippen molar-refractivity contribution in [3.63, 3.8) is 0 Å². The first-order valence-electron chi connectivity index (χ1n) is 20.0. The second-order valence-corrected chi connectivity index (χ2v) is 16.0. The molecule has 0 saturated heterocycles. The third-order valence-electron chi connectivity index (χ3n) is 13.5. The fourth-order valence-corrected chi connectivity index (χ4v) is 11.0. The van der Waals surface area contributed by atoms with Crippen LogP contribution in [0.3, 0.4) is 0 Å². The lowest BCUT2D eigenvalue weighted by Gasteiger charge is -2.45. The van der Waals surface area contributed by atoms with E-state index in [9.17, 15) is 0 Å². The highest BCUT2D eigenvalue weighted by molar-refractivity contribution is 6.07. The van der Waals surface area contributed by atoms with Crippen LogP contribution >= 0.6 is 0 Å². The predicted octanol–water partition coefficient (Wildman–Crippen LogP) is 14.5. The average Bonchev–Trinajstić information content (AvgIpc) is 3.87. The van der Waals surface area contributed by atoms with Crippen molar-refractivity contribution < 1.29 is 4.42 Å². The van der Waals surface area contributed by atoms with Crippen LogP contribution in [0.5, 0.6) is 0 Å². The Labute approximate surface area is 327 Å². The number of rotatable bonds is 4. The minimum absolute atomic E-state index is 0.0389. The van der Waals surface area contributed by atoms with Crippen molar-refractivity contribution in [2.45, 2.75) is 36.5 Å². The Morgan fingerprint density at radius 2 is 0.839 bits per heavy atom. The Morgan fingerprint density at radius 1 is 0.357 bits per heavy atom. The maximum absolute atomic E-state index is 6.33. The molecular formula is C54H39NO. The molecule has 9 aromatic rings. The lowest BCUT2D eigenvalue weighted by Crippen LogP contribution is -2.39. The van der Waals surface area contributed by atoms with Gasteiger partial charge in [-0.25, -0.2) is 0 Å². The van der Waals surface area contributed by atoms with Crippen LogP contribution in [0.2, 0.25) is 0 Å². The molecular weight excluding hydrogens is 679 g/mol. The first-order valence-corrected chi connectivity index (χ1v) is 20.0. The van der Waals surface area contributed by atoms with Gasteiger partial charge >= 0.3 is 0 Å². The Kier molecular flexibility index (Phi) is 6.75. The molecule has 3 aliphatic rings. The summed E-state index contributed by atoms with van der Waals surface area (Å²) in [6.45, 7) is 0. The third-order valence-corrected chi connectivity index (χ3v) is 13.5. The molecule has 2 nitrogen and oxygen atoms in total. The van der Waals surface area contributed by atoms with Crippen LogP contribution in [-0.2, 0) is 10.8 Å². The molecule has 1 saturated carbocycles. The summed E-state index contributed by atoms with van der Waals surface area (Å²) in [5.41, 5.74) is 19.2. The van der Waals surface area contributed by atoms with Gasteiger partial charge in [0.05, 0.1) is 5.69 Å². The third kappa shape index (κ3) is 4.38. The summed E-state index contributed by atoms with van der Waals surface area (Å²) in [6.07, 6.45) is 4.42. The minimum atomic E-state index is -0.0744. The van der Waals surface area contributed by atoms with Gasteiger partial charge in [0.25, 0.3) is 0 Å². The van der Waals surface area contributed by atoms with E-state index in [-0.39, 0.29) is 10.8 Å². The van der Waals surface area contributed by atoms with Crippen LogP contribution in [-0.4, -0.2) is 0 Å². The Balaban J connectivity index is 1.05. The summed E-state index contributed by atoms with van der Waals surface area (Å²) < 4.78 is 6.33. The fourth-order valence-electron chi connectivity index (χ4n) is 11.0. The zero-order chi connectivity index (χ0) is 36.8. The first kappa shape index (κ1) is 31.7. The predicted molar refractivity (Wildman–Crippen MR) is 231 cm³/mol. The summed E-state index contributed by atoms with van der Waals surface area (Å²) in [5, 5.41) is 2.26. The highest BCUT2D eigenvalue weighted by Gasteiger charge is 2.53. The second kappa shape index (κ2) is 11.9. The van der Waals surface area contributed by atoms with E-state index in [2.05, 4.69) is 187 Å². The molecule has 8 aromatic carbocycles. The first-order chi connectivity index (χ1) is 27.7. The summed E-state index contributed by atoms with van der Waals surface area (Å²) >= 11 is 0. The fraction of sp³-hybridized carbons (Fsp3) is 0.111. The van der Waals surface area contributed by atoms with Gasteiger partial charge in [0.15, 0.2) is 0 Å². The number of anilines is 3. The summed E-state index contributed by atoms with van der Waals surface area (Å²) in [4.78, 5) is 2.48. The largest absolute Gasteiger partial charge is 0.456 e. The molecule has 2 heteroatoms. The SMILES string of the molecule is c1ccc(-c2ccccc2N(c2ccc3c(c2)C2(CCC4(CC2)c2ccccc2-c2ccccc24)c2ccccc2-3)c2ccc3oc4ccccc4c3c2)cc1. The van der Waals surface area contributed by atoms with Gasteiger partial charge < -0.3 is 9.32 Å². The van der Waals surface area contributed by atoms with Crippen molar-refractivity contribution in [3.05, 3.63) is 210 Å². The zero-order valence-corrected chi connectivity index (χ0v) is 31.1. The number of furan rings is 1. The molecule has 2 spiro atoms. The number of benzene rings is 8. The van der Waals surface area contributed by atoms with E-state index in [1.807, 2.05) is 6.07 Å². The molecule has 12 rings (SSSR count). The quantitative estimate of drug-likeness (QED) is 0.180. The maximum atomic E-state index is 6.33. The van der Waals surface area contributed by atoms with Crippen molar-refractivity contribution in [3.8, 4) is 33.4 Å². The van der Waals surface area contributed by atoms with E-state index in [1.54, 1.807) is 0 Å². The normalized spacial score (nSPS) is 15.5. The van der Waals surface area contributed by atoms with E-state index in [0.29, 0.717) is 0 Å². The van der Waals surface area contributed by atoms with E-state index in [0.717, 1.165) is 59.0 Å². The van der Waals surface area contributed by atoms with Crippen molar-refractivity contribution in [1.29, 1.82) is 0 Å². The Hall–Kier alpha value is -6.64. The van der Waals surface area contributed by atoms with Gasteiger partial charge in [-0.2, -0.15) is 0 Å². The lowest BCUT2D eigenvalue weighted by atomic mass is 9.57. The summed E-state index contributed by atoms with van der Waals surface area (Å²) in [6, 6.07) is 69.7. The molecule has 0 amide bonds. The molecule has 0 unspecified atom stereocenters. The Morgan fingerprint density at radius 3 is 1.52 bits per heavy atom. The molecule has 1 aromatic heterocycles. The molecule has 56 heavy (non-hydrogen) atoms. The lowest BCUT2D eigenvalue weighted by molar-refractivity contribution is 0.265. The van der Waals surface area contributed by atoms with Crippen LogP contribution in [0.1, 0.15) is 47.9 Å². The number of hydrogen-bond donors (Lipinski definition) is 0. The highest BCUT2D eigenvalue weighted by atomic mass is 16.3.